The molecule has 0 radical (unpaired) electrons. The first kappa shape index (κ1) is 23.7. The molecule has 0 saturated heterocycles. The van der Waals surface area contributed by atoms with Crippen molar-refractivity contribution in [3.8, 4) is 11.3 Å². The zero-order chi connectivity index (χ0) is 26.2. The van der Waals surface area contributed by atoms with Gasteiger partial charge in [-0.15, -0.1) is 0 Å². The van der Waals surface area contributed by atoms with Gasteiger partial charge in [0, 0.05) is 31.0 Å². The van der Waals surface area contributed by atoms with Crippen molar-refractivity contribution in [2.45, 2.75) is 37.9 Å². The Kier molecular flexibility index (Phi) is 6.03. The van der Waals surface area contributed by atoms with Gasteiger partial charge in [-0.05, 0) is 48.6 Å². The minimum absolute atomic E-state index is 0.123. The number of hydrogen-bond donors (Lipinski definition) is 4. The summed E-state index contributed by atoms with van der Waals surface area (Å²) in [6, 6.07) is 22.8. The van der Waals surface area contributed by atoms with Crippen LogP contribution in [0.4, 0.5) is 5.69 Å². The van der Waals surface area contributed by atoms with E-state index in [0.717, 1.165) is 41.8 Å². The minimum atomic E-state index is -0.265. The first-order valence-electron chi connectivity index (χ1n) is 12.8. The van der Waals surface area contributed by atoms with Crippen molar-refractivity contribution >= 4 is 11.5 Å². The molecule has 6 rings (SSSR count). The number of anilines is 1. The van der Waals surface area contributed by atoms with Gasteiger partial charge in [-0.25, -0.2) is 4.99 Å². The standard InChI is InChI=1S/C29H29N7O2/c1-35-28(38)25(26(30)36-23-11-5-10-22(23)34-29(35)36)27(32-20-7-3-2-4-8-20)31-17-18-13-15-19(16-14-18)21-9-6-12-24(37)33-21/h2-4,6-9,12-16,22-23,30-32H,5,10-11,17H2,1H3,(H,33,37)/b27-25-,30-26?/t22-,23+/m1/s1. The van der Waals surface area contributed by atoms with Crippen LogP contribution in [0.5, 0.6) is 0 Å². The van der Waals surface area contributed by atoms with Crippen molar-refractivity contribution < 1.29 is 0 Å². The molecule has 2 aromatic carbocycles. The summed E-state index contributed by atoms with van der Waals surface area (Å²) in [5.74, 6) is 0.481. The zero-order valence-corrected chi connectivity index (χ0v) is 21.1. The molecule has 2 atom stereocenters. The third-order valence-corrected chi connectivity index (χ3v) is 7.36. The molecule has 3 heterocycles. The van der Waals surface area contributed by atoms with E-state index in [-0.39, 0.29) is 28.7 Å². The van der Waals surface area contributed by atoms with E-state index in [0.29, 0.717) is 23.2 Å². The van der Waals surface area contributed by atoms with Gasteiger partial charge in [-0.2, -0.15) is 0 Å². The van der Waals surface area contributed by atoms with Gasteiger partial charge in [-0.3, -0.25) is 24.1 Å². The Labute approximate surface area is 218 Å². The molecule has 9 nitrogen and oxygen atoms in total. The van der Waals surface area contributed by atoms with Crippen molar-refractivity contribution in [3.63, 3.8) is 0 Å². The second-order valence-electron chi connectivity index (χ2n) is 9.80. The average Bonchev–Trinajstić information content (AvgIpc) is 3.53. The van der Waals surface area contributed by atoms with Crippen LogP contribution in [0.1, 0.15) is 30.9 Å². The summed E-state index contributed by atoms with van der Waals surface area (Å²) in [4.78, 5) is 32.9. The highest BCUT2D eigenvalue weighted by Crippen LogP contribution is 2.32. The van der Waals surface area contributed by atoms with E-state index in [2.05, 4.69) is 15.6 Å². The Bertz CT molecular complexity index is 1800. The summed E-state index contributed by atoms with van der Waals surface area (Å²) in [6.07, 6.45) is 3.02. The summed E-state index contributed by atoms with van der Waals surface area (Å²) >= 11 is 0. The molecule has 0 bridgehead atoms. The molecule has 192 valence electrons. The van der Waals surface area contributed by atoms with E-state index in [4.69, 9.17) is 10.4 Å². The van der Waals surface area contributed by atoms with Crippen molar-refractivity contribution in [1.82, 2.24) is 19.4 Å². The Morgan fingerprint density at radius 1 is 1.03 bits per heavy atom. The van der Waals surface area contributed by atoms with Gasteiger partial charge < -0.3 is 15.6 Å². The summed E-state index contributed by atoms with van der Waals surface area (Å²) in [5, 5.41) is 16.1. The highest BCUT2D eigenvalue weighted by Gasteiger charge is 2.34. The number of benzene rings is 2. The topological polar surface area (TPSA) is 120 Å². The summed E-state index contributed by atoms with van der Waals surface area (Å²) in [6.45, 7) is 0.432. The number of nitrogens with zero attached hydrogens (tertiary/aromatic N) is 3. The molecule has 0 unspecified atom stereocenters. The second kappa shape index (κ2) is 9.66. The first-order valence-corrected chi connectivity index (χ1v) is 12.8. The maximum absolute atomic E-state index is 13.6. The van der Waals surface area contributed by atoms with E-state index in [9.17, 15) is 9.59 Å². The number of aromatic nitrogens is 3. The molecular formula is C29H29N7O2. The second-order valence-corrected chi connectivity index (χ2v) is 9.80. The summed E-state index contributed by atoms with van der Waals surface area (Å²) in [5.41, 5.74) is 3.81. The van der Waals surface area contributed by atoms with Crippen LogP contribution in [0, 0.1) is 5.41 Å². The number of aromatic amines is 1. The largest absolute Gasteiger partial charge is 0.367 e. The number of rotatable bonds is 6. The zero-order valence-electron chi connectivity index (χ0n) is 21.1. The predicted molar refractivity (Wildman–Crippen MR) is 146 cm³/mol. The first-order chi connectivity index (χ1) is 18.5. The van der Waals surface area contributed by atoms with Gasteiger partial charge in [0.2, 0.25) is 11.2 Å². The fourth-order valence-corrected chi connectivity index (χ4v) is 5.42. The maximum atomic E-state index is 13.6. The summed E-state index contributed by atoms with van der Waals surface area (Å²) in [7, 11) is 1.73. The van der Waals surface area contributed by atoms with Gasteiger partial charge in [-0.1, -0.05) is 48.5 Å². The lowest BCUT2D eigenvalue weighted by molar-refractivity contribution is 0.465. The SMILES string of the molecule is Cn1c(=O)/c(=C(/NCc2ccc(-c3cccc(=O)[nH]3)cc2)Nc2ccccc2)c(=N)n2c1=N[C@@H]1CCC[C@@H]12. The molecule has 1 aliphatic heterocycles. The lowest BCUT2D eigenvalue weighted by Gasteiger charge is -2.17. The Morgan fingerprint density at radius 2 is 1.82 bits per heavy atom. The van der Waals surface area contributed by atoms with Crippen molar-refractivity contribution in [1.29, 1.82) is 5.41 Å². The molecule has 2 aliphatic rings. The van der Waals surface area contributed by atoms with Crippen LogP contribution in [0.25, 0.3) is 17.1 Å². The fourth-order valence-electron chi connectivity index (χ4n) is 5.42. The van der Waals surface area contributed by atoms with E-state index in [1.54, 1.807) is 17.7 Å². The molecule has 9 heteroatoms. The molecule has 1 saturated carbocycles. The van der Waals surface area contributed by atoms with Crippen LogP contribution < -0.4 is 38.1 Å². The molecule has 0 spiro atoms. The molecule has 0 amide bonds. The normalized spacial score (nSPS) is 18.3. The Hall–Kier alpha value is -4.66. The monoisotopic (exact) mass is 507 g/mol. The Morgan fingerprint density at radius 3 is 2.58 bits per heavy atom. The van der Waals surface area contributed by atoms with Gasteiger partial charge >= 0.3 is 0 Å². The third kappa shape index (κ3) is 4.26. The summed E-state index contributed by atoms with van der Waals surface area (Å²) < 4.78 is 3.49. The molecular weight excluding hydrogens is 478 g/mol. The number of H-pyrrole nitrogens is 1. The minimum Gasteiger partial charge on any atom is -0.367 e. The van der Waals surface area contributed by atoms with E-state index >= 15 is 0 Å². The average molecular weight is 508 g/mol. The third-order valence-electron chi connectivity index (χ3n) is 7.36. The number of pyridine rings is 1. The quantitative estimate of drug-likeness (QED) is 0.318. The van der Waals surface area contributed by atoms with Crippen LogP contribution in [0.2, 0.25) is 0 Å². The fraction of sp³-hybridized carbons (Fsp3) is 0.241. The molecule has 4 aromatic rings. The highest BCUT2D eigenvalue weighted by molar-refractivity contribution is 5.63. The van der Waals surface area contributed by atoms with Crippen molar-refractivity contribution in [3.05, 3.63) is 115 Å². The van der Waals surface area contributed by atoms with E-state index in [1.165, 1.54) is 6.07 Å². The number of para-hydroxylation sites is 1. The molecule has 2 aromatic heterocycles. The number of hydrogen-bond acceptors (Lipinski definition) is 6. The molecule has 1 fully saturated rings. The van der Waals surface area contributed by atoms with Crippen LogP contribution in [-0.2, 0) is 13.6 Å². The van der Waals surface area contributed by atoms with Crippen molar-refractivity contribution in [2.24, 2.45) is 12.0 Å². The lowest BCUT2D eigenvalue weighted by atomic mass is 10.1. The van der Waals surface area contributed by atoms with Gasteiger partial charge in [0.1, 0.15) is 16.5 Å². The lowest BCUT2D eigenvalue weighted by Crippen LogP contribution is -2.59. The smallest absolute Gasteiger partial charge is 0.267 e. The highest BCUT2D eigenvalue weighted by atomic mass is 16.1. The molecule has 1 aliphatic carbocycles. The van der Waals surface area contributed by atoms with Crippen molar-refractivity contribution in [2.75, 3.05) is 5.32 Å². The van der Waals surface area contributed by atoms with Crippen LogP contribution >= 0.6 is 0 Å². The van der Waals surface area contributed by atoms with E-state index in [1.807, 2.05) is 65.2 Å². The number of fused-ring (bicyclic) bond motifs is 3. The van der Waals surface area contributed by atoms with Gasteiger partial charge in [0.15, 0.2) is 0 Å². The van der Waals surface area contributed by atoms with Crippen LogP contribution in [0.15, 0.2) is 87.4 Å². The molecule has 4 N–H and O–H groups in total. The Balaban J connectivity index is 1.40. The number of nitrogens with one attached hydrogen (secondary N) is 4. The molecule has 38 heavy (non-hydrogen) atoms. The van der Waals surface area contributed by atoms with Crippen LogP contribution in [-0.4, -0.2) is 20.2 Å². The predicted octanol–water partition coefficient (Wildman–Crippen LogP) is 1.72. The van der Waals surface area contributed by atoms with Gasteiger partial charge in [0.25, 0.3) is 5.56 Å². The van der Waals surface area contributed by atoms with Gasteiger partial charge in [0.05, 0.1) is 12.1 Å². The van der Waals surface area contributed by atoms with Crippen LogP contribution in [0.3, 0.4) is 0 Å². The van der Waals surface area contributed by atoms with E-state index < -0.39 is 0 Å². The maximum Gasteiger partial charge on any atom is 0.267 e.